The normalized spacial score (nSPS) is 23.6. The van der Waals surface area contributed by atoms with Crippen molar-refractivity contribution in [2.45, 2.75) is 155 Å². The van der Waals surface area contributed by atoms with Gasteiger partial charge in [-0.1, -0.05) is 105 Å². The molecule has 0 aromatic carbocycles. The average Bonchev–Trinajstić information content (AvgIpc) is 3.62. The highest BCUT2D eigenvalue weighted by Crippen LogP contribution is 2.38. The molecule has 0 saturated carbocycles. The van der Waals surface area contributed by atoms with Crippen LogP contribution in [0.15, 0.2) is 0 Å². The second-order valence-corrected chi connectivity index (χ2v) is 10.1. The van der Waals surface area contributed by atoms with E-state index in [0.29, 0.717) is 11.3 Å². The van der Waals surface area contributed by atoms with Crippen molar-refractivity contribution in [1.29, 1.82) is 0 Å². The Bertz CT molecular complexity index is 379. The summed E-state index contributed by atoms with van der Waals surface area (Å²) in [6, 6.07) is 0. The standard InChI is InChI=1S/C26H54N4/c1-5-9-13-19-25(20-14-10-6-2)27-29(25)23-17-18-24-30-26(28-30,21-15-11-7-3)22-16-12-8-4/h27-28H,5-24H2,1-4H3. The van der Waals surface area contributed by atoms with Gasteiger partial charge < -0.3 is 0 Å². The molecule has 0 aromatic heterocycles. The van der Waals surface area contributed by atoms with Gasteiger partial charge in [0.1, 0.15) is 0 Å². The predicted octanol–water partition coefficient (Wildman–Crippen LogP) is 7.12. The molecule has 2 aliphatic rings. The number of unbranched alkanes of at least 4 members (excludes halogenated alkanes) is 9. The van der Waals surface area contributed by atoms with E-state index < -0.39 is 0 Å². The highest BCUT2D eigenvalue weighted by molar-refractivity contribution is 4.99. The first-order valence-corrected chi connectivity index (χ1v) is 13.8. The van der Waals surface area contributed by atoms with Gasteiger partial charge in [-0.05, 0) is 38.5 Å². The van der Waals surface area contributed by atoms with Crippen LogP contribution in [0.25, 0.3) is 0 Å². The molecular formula is C26H54N4. The third kappa shape index (κ3) is 8.41. The lowest BCUT2D eigenvalue weighted by Gasteiger charge is -2.16. The van der Waals surface area contributed by atoms with Gasteiger partial charge in [-0.25, -0.2) is 20.9 Å². The number of nitrogens with one attached hydrogen (secondary N) is 2. The van der Waals surface area contributed by atoms with E-state index in [1.807, 2.05) is 0 Å². The third-order valence-electron chi connectivity index (χ3n) is 7.41. The van der Waals surface area contributed by atoms with Crippen LogP contribution >= 0.6 is 0 Å². The lowest BCUT2D eigenvalue weighted by Crippen LogP contribution is -2.22. The molecule has 4 heteroatoms. The van der Waals surface area contributed by atoms with Crippen LogP contribution in [0.4, 0.5) is 0 Å². The Kier molecular flexibility index (Phi) is 12.2. The molecule has 30 heavy (non-hydrogen) atoms. The summed E-state index contributed by atoms with van der Waals surface area (Å²) >= 11 is 0. The molecule has 2 saturated heterocycles. The van der Waals surface area contributed by atoms with Gasteiger partial charge in [0.25, 0.3) is 0 Å². The van der Waals surface area contributed by atoms with E-state index in [9.17, 15) is 0 Å². The van der Waals surface area contributed by atoms with Crippen molar-refractivity contribution in [2.75, 3.05) is 13.1 Å². The van der Waals surface area contributed by atoms with Crippen molar-refractivity contribution in [2.24, 2.45) is 0 Å². The summed E-state index contributed by atoms with van der Waals surface area (Å²) in [7, 11) is 0. The van der Waals surface area contributed by atoms with E-state index in [1.54, 1.807) is 0 Å². The highest BCUT2D eigenvalue weighted by Gasteiger charge is 2.51. The van der Waals surface area contributed by atoms with Crippen LogP contribution in [0.3, 0.4) is 0 Å². The smallest absolute Gasteiger partial charge is 0.0974 e. The second-order valence-electron chi connectivity index (χ2n) is 10.1. The van der Waals surface area contributed by atoms with E-state index in [2.05, 4.69) is 48.6 Å². The molecule has 2 unspecified atom stereocenters. The Balaban J connectivity index is 1.66. The molecule has 4 nitrogen and oxygen atoms in total. The zero-order valence-electron chi connectivity index (χ0n) is 21.0. The van der Waals surface area contributed by atoms with Gasteiger partial charge in [0, 0.05) is 13.1 Å². The van der Waals surface area contributed by atoms with Gasteiger partial charge in [0.15, 0.2) is 0 Å². The minimum atomic E-state index is 0.354. The summed E-state index contributed by atoms with van der Waals surface area (Å²) in [6.07, 6.45) is 24.3. The Labute approximate surface area is 188 Å². The van der Waals surface area contributed by atoms with Crippen LogP contribution in [0.1, 0.15) is 143 Å². The zero-order valence-corrected chi connectivity index (χ0v) is 21.0. The van der Waals surface area contributed by atoms with Gasteiger partial charge in [-0.2, -0.15) is 0 Å². The molecule has 2 fully saturated rings. The maximum atomic E-state index is 3.79. The van der Waals surface area contributed by atoms with Gasteiger partial charge >= 0.3 is 0 Å². The molecule has 2 rings (SSSR count). The van der Waals surface area contributed by atoms with Crippen molar-refractivity contribution >= 4 is 0 Å². The van der Waals surface area contributed by atoms with E-state index in [4.69, 9.17) is 0 Å². The minimum Gasteiger partial charge on any atom is -0.232 e. The monoisotopic (exact) mass is 422 g/mol. The van der Waals surface area contributed by atoms with Crippen LogP contribution in [0.5, 0.6) is 0 Å². The maximum absolute atomic E-state index is 3.79. The first-order chi connectivity index (χ1) is 14.7. The van der Waals surface area contributed by atoms with Crippen molar-refractivity contribution in [1.82, 2.24) is 20.9 Å². The molecule has 2 heterocycles. The molecule has 2 aliphatic heterocycles. The highest BCUT2D eigenvalue weighted by atomic mass is 15.8. The predicted molar refractivity (Wildman–Crippen MR) is 131 cm³/mol. The lowest BCUT2D eigenvalue weighted by atomic mass is 9.98. The number of rotatable bonds is 21. The Hall–Kier alpha value is -0.160. The molecule has 2 atom stereocenters. The number of hydrogen-bond donors (Lipinski definition) is 2. The summed E-state index contributed by atoms with van der Waals surface area (Å²) in [4.78, 5) is 0. The summed E-state index contributed by atoms with van der Waals surface area (Å²) in [5.41, 5.74) is 8.29. The molecule has 2 N–H and O–H groups in total. The van der Waals surface area contributed by atoms with Crippen LogP contribution in [0, 0.1) is 0 Å². The second kappa shape index (κ2) is 14.1. The molecule has 0 bridgehead atoms. The maximum Gasteiger partial charge on any atom is 0.0974 e. The number of hydrazine groups is 2. The minimum absolute atomic E-state index is 0.354. The average molecular weight is 423 g/mol. The van der Waals surface area contributed by atoms with Crippen molar-refractivity contribution in [3.05, 3.63) is 0 Å². The molecule has 178 valence electrons. The molecule has 0 radical (unpaired) electrons. The SMILES string of the molecule is CCCCCC1(CCCCC)NN1CCCCN1NC1(CCCCC)CCCCC. The van der Waals surface area contributed by atoms with Crippen LogP contribution < -0.4 is 10.9 Å². The Morgan fingerprint density at radius 3 is 1.00 bits per heavy atom. The van der Waals surface area contributed by atoms with E-state index in [-0.39, 0.29) is 0 Å². The summed E-state index contributed by atoms with van der Waals surface area (Å²) in [5, 5.41) is 5.17. The summed E-state index contributed by atoms with van der Waals surface area (Å²) < 4.78 is 0. The molecule has 0 amide bonds. The fourth-order valence-corrected chi connectivity index (χ4v) is 5.22. The summed E-state index contributed by atoms with van der Waals surface area (Å²) in [6.45, 7) is 11.7. The zero-order chi connectivity index (χ0) is 21.7. The lowest BCUT2D eigenvalue weighted by molar-refractivity contribution is 0.315. The van der Waals surface area contributed by atoms with Gasteiger partial charge in [-0.3, -0.25) is 0 Å². The van der Waals surface area contributed by atoms with Crippen LogP contribution in [-0.4, -0.2) is 34.4 Å². The largest absolute Gasteiger partial charge is 0.232 e. The van der Waals surface area contributed by atoms with Gasteiger partial charge in [0.05, 0.1) is 11.3 Å². The van der Waals surface area contributed by atoms with E-state index >= 15 is 0 Å². The Morgan fingerprint density at radius 2 is 0.733 bits per heavy atom. The fraction of sp³-hybridized carbons (Fsp3) is 1.00. The first kappa shape index (κ1) is 26.1. The fourth-order valence-electron chi connectivity index (χ4n) is 5.22. The quantitative estimate of drug-likeness (QED) is 0.153. The van der Waals surface area contributed by atoms with Gasteiger partial charge in [-0.15, -0.1) is 0 Å². The van der Waals surface area contributed by atoms with E-state index in [0.717, 1.165) is 0 Å². The van der Waals surface area contributed by atoms with Crippen molar-refractivity contribution in [3.63, 3.8) is 0 Å². The molecule has 0 aliphatic carbocycles. The van der Waals surface area contributed by atoms with E-state index in [1.165, 1.54) is 129 Å². The molecule has 0 spiro atoms. The van der Waals surface area contributed by atoms with Crippen LogP contribution in [-0.2, 0) is 0 Å². The molecular weight excluding hydrogens is 368 g/mol. The van der Waals surface area contributed by atoms with Crippen molar-refractivity contribution in [3.8, 4) is 0 Å². The Morgan fingerprint density at radius 1 is 0.433 bits per heavy atom. The summed E-state index contributed by atoms with van der Waals surface area (Å²) in [5.74, 6) is 0. The molecule has 0 aromatic rings. The van der Waals surface area contributed by atoms with Crippen molar-refractivity contribution < 1.29 is 0 Å². The number of nitrogens with zero attached hydrogens (tertiary/aromatic N) is 2. The third-order valence-corrected chi connectivity index (χ3v) is 7.41. The first-order valence-electron chi connectivity index (χ1n) is 13.8. The van der Waals surface area contributed by atoms with Crippen LogP contribution in [0.2, 0.25) is 0 Å². The topological polar surface area (TPSA) is 49.9 Å². The van der Waals surface area contributed by atoms with Gasteiger partial charge in [0.2, 0.25) is 0 Å². The number of hydrogen-bond acceptors (Lipinski definition) is 4.